The molecule has 4 heteroatoms. The summed E-state index contributed by atoms with van der Waals surface area (Å²) in [4.78, 5) is 11.8. The van der Waals surface area contributed by atoms with Gasteiger partial charge in [-0.1, -0.05) is 18.2 Å². The van der Waals surface area contributed by atoms with Gasteiger partial charge in [-0.05, 0) is 36.6 Å². The van der Waals surface area contributed by atoms with Crippen molar-refractivity contribution < 1.29 is 4.79 Å². The van der Waals surface area contributed by atoms with Crippen LogP contribution in [0, 0.1) is 0 Å². The molecule has 0 saturated carbocycles. The molecule has 1 aliphatic rings. The highest BCUT2D eigenvalue weighted by Crippen LogP contribution is 2.17. The molecule has 3 N–H and O–H groups in total. The summed E-state index contributed by atoms with van der Waals surface area (Å²) in [6, 6.07) is 8.10. The first-order valence-corrected chi connectivity index (χ1v) is 7.61. The van der Waals surface area contributed by atoms with Gasteiger partial charge in [-0.15, -0.1) is 0 Å². The molecule has 1 aromatic carbocycles. The van der Waals surface area contributed by atoms with Crippen LogP contribution in [0.25, 0.3) is 0 Å². The van der Waals surface area contributed by atoms with Crippen LogP contribution in [0.2, 0.25) is 0 Å². The number of nitrogen functional groups attached to an aromatic ring is 1. The highest BCUT2D eigenvalue weighted by Gasteiger charge is 2.15. The van der Waals surface area contributed by atoms with Crippen molar-refractivity contribution in [1.29, 1.82) is 0 Å². The molecule has 98 valence electrons. The summed E-state index contributed by atoms with van der Waals surface area (Å²) in [7, 11) is 0. The molecule has 1 amide bonds. The standard InChI is InChI=1S/C14H20N2OS/c15-13-6-2-1-4-11(13)7-8-14(17)16-12-5-3-9-18-10-12/h1-2,4,6,12H,3,5,7-10,15H2,(H,16,17). The highest BCUT2D eigenvalue weighted by atomic mass is 32.2. The highest BCUT2D eigenvalue weighted by molar-refractivity contribution is 7.99. The molecule has 3 nitrogen and oxygen atoms in total. The Hall–Kier alpha value is -1.16. The molecule has 0 spiro atoms. The van der Waals surface area contributed by atoms with Crippen LogP contribution in [-0.2, 0) is 11.2 Å². The molecule has 1 heterocycles. The van der Waals surface area contributed by atoms with Gasteiger partial charge in [0.25, 0.3) is 0 Å². The van der Waals surface area contributed by atoms with Crippen LogP contribution in [0.4, 0.5) is 5.69 Å². The summed E-state index contributed by atoms with van der Waals surface area (Å²) < 4.78 is 0. The van der Waals surface area contributed by atoms with Gasteiger partial charge in [-0.2, -0.15) is 11.8 Å². The summed E-state index contributed by atoms with van der Waals surface area (Å²) >= 11 is 1.93. The summed E-state index contributed by atoms with van der Waals surface area (Å²) in [6.07, 6.45) is 3.57. The summed E-state index contributed by atoms with van der Waals surface area (Å²) in [5.74, 6) is 2.43. The lowest BCUT2D eigenvalue weighted by atomic mass is 10.1. The number of nitrogens with one attached hydrogen (secondary N) is 1. The fourth-order valence-electron chi connectivity index (χ4n) is 2.16. The minimum absolute atomic E-state index is 0.144. The van der Waals surface area contributed by atoms with E-state index in [9.17, 15) is 4.79 Å². The molecule has 0 aromatic heterocycles. The SMILES string of the molecule is Nc1ccccc1CCC(=O)NC1CCCSC1. The number of benzene rings is 1. The molecule has 0 aliphatic carbocycles. The van der Waals surface area contributed by atoms with E-state index >= 15 is 0 Å². The molecule has 1 unspecified atom stereocenters. The van der Waals surface area contributed by atoms with Gasteiger partial charge in [0.1, 0.15) is 0 Å². The van der Waals surface area contributed by atoms with Crippen LogP contribution in [0.15, 0.2) is 24.3 Å². The third-order valence-corrected chi connectivity index (χ3v) is 4.42. The number of nitrogens with two attached hydrogens (primary N) is 1. The largest absolute Gasteiger partial charge is 0.399 e. The van der Waals surface area contributed by atoms with Crippen LogP contribution >= 0.6 is 11.8 Å². The predicted molar refractivity (Wildman–Crippen MR) is 77.7 cm³/mol. The third kappa shape index (κ3) is 3.95. The minimum Gasteiger partial charge on any atom is -0.399 e. The van der Waals surface area contributed by atoms with Gasteiger partial charge in [-0.25, -0.2) is 0 Å². The molecule has 0 radical (unpaired) electrons. The normalized spacial score (nSPS) is 19.4. The number of rotatable bonds is 4. The Kier molecular flexibility index (Phi) is 4.93. The second kappa shape index (κ2) is 6.69. The van der Waals surface area contributed by atoms with Crippen molar-refractivity contribution >= 4 is 23.4 Å². The maximum atomic E-state index is 11.8. The van der Waals surface area contributed by atoms with Gasteiger partial charge in [0.05, 0.1) is 0 Å². The average Bonchev–Trinajstić information content (AvgIpc) is 2.39. The van der Waals surface area contributed by atoms with E-state index in [1.807, 2.05) is 36.0 Å². The molecular weight excluding hydrogens is 244 g/mol. The number of hydrogen-bond acceptors (Lipinski definition) is 3. The maximum absolute atomic E-state index is 11.8. The lowest BCUT2D eigenvalue weighted by molar-refractivity contribution is -0.121. The number of amides is 1. The molecule has 1 atom stereocenters. The van der Waals surface area contributed by atoms with Gasteiger partial charge in [0.2, 0.25) is 5.91 Å². The summed E-state index contributed by atoms with van der Waals surface area (Å²) in [6.45, 7) is 0. The zero-order chi connectivity index (χ0) is 12.8. The Morgan fingerprint density at radius 2 is 2.28 bits per heavy atom. The van der Waals surface area contributed by atoms with Gasteiger partial charge >= 0.3 is 0 Å². The van der Waals surface area contributed by atoms with Crippen LogP contribution in [-0.4, -0.2) is 23.5 Å². The second-order valence-corrected chi connectivity index (χ2v) is 5.83. The Bertz CT molecular complexity index is 403. The van der Waals surface area contributed by atoms with Gasteiger partial charge in [0, 0.05) is 23.9 Å². The first kappa shape index (κ1) is 13.3. The number of aryl methyl sites for hydroxylation is 1. The van der Waals surface area contributed by atoms with Crippen molar-refractivity contribution in [3.8, 4) is 0 Å². The van der Waals surface area contributed by atoms with Gasteiger partial charge in [0.15, 0.2) is 0 Å². The monoisotopic (exact) mass is 264 g/mol. The number of para-hydroxylation sites is 1. The summed E-state index contributed by atoms with van der Waals surface area (Å²) in [5, 5.41) is 3.11. The predicted octanol–water partition coefficient (Wildman–Crippen LogP) is 2.21. The van der Waals surface area contributed by atoms with Gasteiger partial charge in [-0.3, -0.25) is 4.79 Å². The first-order valence-electron chi connectivity index (χ1n) is 6.46. The van der Waals surface area contributed by atoms with Crippen LogP contribution < -0.4 is 11.1 Å². The van der Waals surface area contributed by atoms with E-state index in [0.29, 0.717) is 12.5 Å². The quantitative estimate of drug-likeness (QED) is 0.820. The van der Waals surface area contributed by atoms with E-state index < -0.39 is 0 Å². The third-order valence-electron chi connectivity index (χ3n) is 3.20. The molecule has 1 aliphatic heterocycles. The van der Waals surface area contributed by atoms with Crippen LogP contribution in [0.5, 0.6) is 0 Å². The lowest BCUT2D eigenvalue weighted by Gasteiger charge is -2.22. The zero-order valence-electron chi connectivity index (χ0n) is 10.5. The number of carbonyl (C=O) groups excluding carboxylic acids is 1. The average molecular weight is 264 g/mol. The Labute approximate surface area is 113 Å². The second-order valence-electron chi connectivity index (χ2n) is 4.68. The van der Waals surface area contributed by atoms with Crippen LogP contribution in [0.3, 0.4) is 0 Å². The Morgan fingerprint density at radius 3 is 3.00 bits per heavy atom. The van der Waals surface area contributed by atoms with E-state index in [1.54, 1.807) is 0 Å². The van der Waals surface area contributed by atoms with Crippen molar-refractivity contribution in [2.75, 3.05) is 17.2 Å². The van der Waals surface area contributed by atoms with E-state index in [0.717, 1.165) is 29.8 Å². The van der Waals surface area contributed by atoms with Crippen molar-refractivity contribution in [1.82, 2.24) is 5.32 Å². The molecule has 1 aromatic rings. The number of thioether (sulfide) groups is 1. The van der Waals surface area contributed by atoms with E-state index in [1.165, 1.54) is 12.2 Å². The summed E-state index contributed by atoms with van der Waals surface area (Å²) in [5.41, 5.74) is 7.69. The maximum Gasteiger partial charge on any atom is 0.220 e. The number of anilines is 1. The van der Waals surface area contributed by atoms with Crippen molar-refractivity contribution in [3.63, 3.8) is 0 Å². The Morgan fingerprint density at radius 1 is 1.44 bits per heavy atom. The van der Waals surface area contributed by atoms with E-state index in [-0.39, 0.29) is 5.91 Å². The van der Waals surface area contributed by atoms with Crippen molar-refractivity contribution in [2.45, 2.75) is 31.7 Å². The topological polar surface area (TPSA) is 55.1 Å². The fourth-order valence-corrected chi connectivity index (χ4v) is 3.24. The molecule has 1 fully saturated rings. The lowest BCUT2D eigenvalue weighted by Crippen LogP contribution is -2.38. The van der Waals surface area contributed by atoms with Crippen molar-refractivity contribution in [2.24, 2.45) is 0 Å². The van der Waals surface area contributed by atoms with Crippen molar-refractivity contribution in [3.05, 3.63) is 29.8 Å². The fraction of sp³-hybridized carbons (Fsp3) is 0.500. The van der Waals surface area contributed by atoms with E-state index in [2.05, 4.69) is 5.32 Å². The minimum atomic E-state index is 0.144. The molecular formula is C14H20N2OS. The smallest absolute Gasteiger partial charge is 0.220 e. The van der Waals surface area contributed by atoms with E-state index in [4.69, 9.17) is 5.73 Å². The molecule has 2 rings (SSSR count). The molecule has 1 saturated heterocycles. The first-order chi connectivity index (χ1) is 8.75. The molecule has 18 heavy (non-hydrogen) atoms. The zero-order valence-corrected chi connectivity index (χ0v) is 11.3. The van der Waals surface area contributed by atoms with Gasteiger partial charge < -0.3 is 11.1 Å². The van der Waals surface area contributed by atoms with Crippen LogP contribution in [0.1, 0.15) is 24.8 Å². The number of carbonyl (C=O) groups is 1. The molecule has 0 bridgehead atoms. The Balaban J connectivity index is 1.76. The number of hydrogen-bond donors (Lipinski definition) is 2.